The summed E-state index contributed by atoms with van der Waals surface area (Å²) >= 11 is 6.11. The predicted octanol–water partition coefficient (Wildman–Crippen LogP) is 4.85. The van der Waals surface area contributed by atoms with Crippen LogP contribution in [0.3, 0.4) is 0 Å². The largest absolute Gasteiger partial charge is 0.385 e. The predicted molar refractivity (Wildman–Crippen MR) is 168 cm³/mol. The molecule has 1 atom stereocenters. The number of methoxy groups -OCH3 is 1. The van der Waals surface area contributed by atoms with Crippen LogP contribution in [0.2, 0.25) is 5.02 Å². The van der Waals surface area contributed by atoms with E-state index in [1.165, 1.54) is 4.31 Å². The van der Waals surface area contributed by atoms with Gasteiger partial charge in [-0.25, -0.2) is 8.42 Å². The molecule has 1 aliphatic rings. The standard InChI is InChI=1S/C33H40ClN3O5S/c1-42-23-7-20-35-33(39)31(24-27-8-3-2-4-9-27)37(25-28-10-15-29(34)16-11-28)32(38)19-14-26-12-17-30(18-13-26)43(40,41)36-21-5-6-22-36/h2-4,8-13,15-18,31H,5-7,14,19-25H2,1H3,(H,35,39). The van der Waals surface area contributed by atoms with Crippen molar-refractivity contribution in [1.82, 2.24) is 14.5 Å². The maximum Gasteiger partial charge on any atom is 0.243 e. The summed E-state index contributed by atoms with van der Waals surface area (Å²) < 4.78 is 32.5. The van der Waals surface area contributed by atoms with Crippen LogP contribution in [0.1, 0.15) is 42.4 Å². The van der Waals surface area contributed by atoms with Crippen LogP contribution in [0.25, 0.3) is 0 Å². The molecule has 1 N–H and O–H groups in total. The molecule has 2 amide bonds. The molecule has 4 rings (SSSR count). The summed E-state index contributed by atoms with van der Waals surface area (Å²) in [5.41, 5.74) is 2.66. The molecule has 0 aliphatic carbocycles. The van der Waals surface area contributed by atoms with Gasteiger partial charge in [0.15, 0.2) is 0 Å². The van der Waals surface area contributed by atoms with Gasteiger partial charge in [0.1, 0.15) is 6.04 Å². The number of sulfonamides is 1. The Morgan fingerprint density at radius 3 is 2.23 bits per heavy atom. The molecule has 3 aromatic carbocycles. The number of nitrogens with zero attached hydrogens (tertiary/aromatic N) is 2. The number of aryl methyl sites for hydroxylation is 1. The SMILES string of the molecule is COCCCNC(=O)C(Cc1ccccc1)N(Cc1ccc(Cl)cc1)C(=O)CCc1ccc(S(=O)(=O)N2CCCC2)cc1. The van der Waals surface area contributed by atoms with Gasteiger partial charge < -0.3 is 15.0 Å². The second-order valence-electron chi connectivity index (χ2n) is 10.7. The first kappa shape index (κ1) is 32.7. The van der Waals surface area contributed by atoms with E-state index in [1.54, 1.807) is 48.4 Å². The van der Waals surface area contributed by atoms with Crippen molar-refractivity contribution in [3.05, 3.63) is 101 Å². The van der Waals surface area contributed by atoms with Gasteiger partial charge in [0.05, 0.1) is 4.90 Å². The summed E-state index contributed by atoms with van der Waals surface area (Å²) in [7, 11) is -1.89. The zero-order valence-corrected chi connectivity index (χ0v) is 26.2. The first-order valence-electron chi connectivity index (χ1n) is 14.7. The Bertz CT molecular complexity index is 1430. The Morgan fingerprint density at radius 2 is 1.58 bits per heavy atom. The summed E-state index contributed by atoms with van der Waals surface area (Å²) in [6, 6.07) is 23.0. The van der Waals surface area contributed by atoms with Crippen LogP contribution in [0, 0.1) is 0 Å². The van der Waals surface area contributed by atoms with Crippen LogP contribution in [-0.2, 0) is 43.7 Å². The highest BCUT2D eigenvalue weighted by Crippen LogP contribution is 2.22. The molecule has 0 spiro atoms. The van der Waals surface area contributed by atoms with E-state index in [0.29, 0.717) is 50.5 Å². The minimum Gasteiger partial charge on any atom is -0.385 e. The van der Waals surface area contributed by atoms with Crippen LogP contribution >= 0.6 is 11.6 Å². The van der Waals surface area contributed by atoms with Crippen molar-refractivity contribution in [2.45, 2.75) is 56.0 Å². The average Bonchev–Trinajstić information content (AvgIpc) is 3.58. The molecule has 0 aromatic heterocycles. The lowest BCUT2D eigenvalue weighted by molar-refractivity contribution is -0.141. The van der Waals surface area contributed by atoms with Gasteiger partial charge in [0.25, 0.3) is 0 Å². The monoisotopic (exact) mass is 625 g/mol. The molecule has 1 fully saturated rings. The van der Waals surface area contributed by atoms with Crippen molar-refractivity contribution in [3.8, 4) is 0 Å². The number of halogens is 1. The van der Waals surface area contributed by atoms with Crippen molar-refractivity contribution in [2.24, 2.45) is 0 Å². The van der Waals surface area contributed by atoms with E-state index in [4.69, 9.17) is 16.3 Å². The molecule has 1 saturated heterocycles. The lowest BCUT2D eigenvalue weighted by Crippen LogP contribution is -2.50. The topological polar surface area (TPSA) is 96.0 Å². The van der Waals surface area contributed by atoms with Gasteiger partial charge in [-0.2, -0.15) is 4.31 Å². The molecule has 1 aliphatic heterocycles. The Kier molecular flexibility index (Phi) is 12.2. The highest BCUT2D eigenvalue weighted by Gasteiger charge is 2.30. The van der Waals surface area contributed by atoms with E-state index in [2.05, 4.69) is 5.32 Å². The van der Waals surface area contributed by atoms with Crippen molar-refractivity contribution < 1.29 is 22.7 Å². The minimum atomic E-state index is -3.50. The molecule has 1 unspecified atom stereocenters. The second-order valence-corrected chi connectivity index (χ2v) is 13.1. The summed E-state index contributed by atoms with van der Waals surface area (Å²) in [5, 5.41) is 3.58. The Labute approximate surface area is 260 Å². The summed E-state index contributed by atoms with van der Waals surface area (Å²) in [5.74, 6) is -0.393. The van der Waals surface area contributed by atoms with E-state index in [0.717, 1.165) is 29.5 Å². The van der Waals surface area contributed by atoms with E-state index in [9.17, 15) is 18.0 Å². The van der Waals surface area contributed by atoms with Crippen LogP contribution in [0.15, 0.2) is 83.8 Å². The number of hydrogen-bond acceptors (Lipinski definition) is 5. The third kappa shape index (κ3) is 9.37. The Morgan fingerprint density at radius 1 is 0.930 bits per heavy atom. The van der Waals surface area contributed by atoms with Gasteiger partial charge in [-0.3, -0.25) is 9.59 Å². The van der Waals surface area contributed by atoms with Gasteiger partial charge in [0, 0.05) is 57.8 Å². The van der Waals surface area contributed by atoms with E-state index >= 15 is 0 Å². The molecule has 0 radical (unpaired) electrons. The number of hydrogen-bond donors (Lipinski definition) is 1. The minimum absolute atomic E-state index is 0.161. The van der Waals surface area contributed by atoms with Crippen LogP contribution in [0.5, 0.6) is 0 Å². The van der Waals surface area contributed by atoms with Crippen molar-refractivity contribution in [1.29, 1.82) is 0 Å². The first-order valence-corrected chi connectivity index (χ1v) is 16.5. The molecule has 8 nitrogen and oxygen atoms in total. The maximum atomic E-state index is 13.9. The number of ether oxygens (including phenoxy) is 1. The van der Waals surface area contributed by atoms with Crippen LogP contribution in [-0.4, -0.2) is 68.8 Å². The Hall–Kier alpha value is -3.24. The van der Waals surface area contributed by atoms with Gasteiger partial charge in [-0.05, 0) is 66.6 Å². The van der Waals surface area contributed by atoms with Gasteiger partial charge >= 0.3 is 0 Å². The molecule has 10 heteroatoms. The van der Waals surface area contributed by atoms with E-state index in [-0.39, 0.29) is 29.7 Å². The second kappa shape index (κ2) is 16.0. The fraction of sp³-hybridized carbons (Fsp3) is 0.394. The molecule has 3 aromatic rings. The normalized spacial score (nSPS) is 14.4. The number of carbonyl (C=O) groups is 2. The quantitative estimate of drug-likeness (QED) is 0.244. The van der Waals surface area contributed by atoms with Gasteiger partial charge in [-0.15, -0.1) is 0 Å². The summed E-state index contributed by atoms with van der Waals surface area (Å²) in [6.07, 6.45) is 3.35. The van der Waals surface area contributed by atoms with Crippen molar-refractivity contribution in [3.63, 3.8) is 0 Å². The highest BCUT2D eigenvalue weighted by molar-refractivity contribution is 7.89. The number of rotatable bonds is 15. The molecular weight excluding hydrogens is 586 g/mol. The maximum absolute atomic E-state index is 13.9. The third-order valence-corrected chi connectivity index (χ3v) is 9.78. The zero-order chi connectivity index (χ0) is 30.7. The molecular formula is C33H40ClN3O5S. The summed E-state index contributed by atoms with van der Waals surface area (Å²) in [6.45, 7) is 2.30. The molecule has 43 heavy (non-hydrogen) atoms. The van der Waals surface area contributed by atoms with Gasteiger partial charge in [-0.1, -0.05) is 66.2 Å². The molecule has 0 bridgehead atoms. The fourth-order valence-electron chi connectivity index (χ4n) is 5.19. The Balaban J connectivity index is 1.53. The molecule has 230 valence electrons. The summed E-state index contributed by atoms with van der Waals surface area (Å²) in [4.78, 5) is 29.4. The third-order valence-electron chi connectivity index (χ3n) is 7.62. The first-order chi connectivity index (χ1) is 20.8. The smallest absolute Gasteiger partial charge is 0.243 e. The number of benzene rings is 3. The lowest BCUT2D eigenvalue weighted by atomic mass is 10.0. The van der Waals surface area contributed by atoms with E-state index < -0.39 is 16.1 Å². The lowest BCUT2D eigenvalue weighted by Gasteiger charge is -2.32. The van der Waals surface area contributed by atoms with Crippen molar-refractivity contribution in [2.75, 3.05) is 33.4 Å². The number of carbonyl (C=O) groups excluding carboxylic acids is 2. The average molecular weight is 626 g/mol. The van der Waals surface area contributed by atoms with Crippen LogP contribution in [0.4, 0.5) is 0 Å². The molecule has 1 heterocycles. The zero-order valence-electron chi connectivity index (χ0n) is 24.6. The fourth-order valence-corrected chi connectivity index (χ4v) is 6.83. The highest BCUT2D eigenvalue weighted by atomic mass is 35.5. The van der Waals surface area contributed by atoms with Crippen molar-refractivity contribution >= 4 is 33.4 Å². The van der Waals surface area contributed by atoms with E-state index in [1.807, 2.05) is 42.5 Å². The van der Waals surface area contributed by atoms with Crippen LogP contribution < -0.4 is 5.32 Å². The molecule has 0 saturated carbocycles. The van der Waals surface area contributed by atoms with Gasteiger partial charge in [0.2, 0.25) is 21.8 Å². The number of nitrogens with one attached hydrogen (secondary N) is 1. The number of amides is 2.